The zero-order chi connectivity index (χ0) is 19.8. The third kappa shape index (κ3) is 5.67. The summed E-state index contributed by atoms with van der Waals surface area (Å²) in [6, 6.07) is 10.3. The highest BCUT2D eigenvalue weighted by molar-refractivity contribution is 5.79. The van der Waals surface area contributed by atoms with E-state index in [1.807, 2.05) is 19.1 Å². The van der Waals surface area contributed by atoms with E-state index in [1.54, 1.807) is 17.3 Å². The standard InChI is InChI=1S/C20H27N7O/c1-4-22-20(24-11-18-9-19(15(2)3)26-28-18)23-10-16-6-5-7-17(8-16)12-27-14-21-13-25-27/h5-9,13-15H,4,10-12H2,1-3H3,(H2,22,23,24). The third-order valence-electron chi connectivity index (χ3n) is 4.17. The number of guanidine groups is 1. The number of rotatable bonds is 8. The van der Waals surface area contributed by atoms with E-state index < -0.39 is 0 Å². The van der Waals surface area contributed by atoms with Crippen molar-refractivity contribution in [2.75, 3.05) is 6.54 Å². The molecule has 0 aliphatic rings. The van der Waals surface area contributed by atoms with Crippen LogP contribution in [0.1, 0.15) is 49.3 Å². The molecule has 8 nitrogen and oxygen atoms in total. The molecule has 0 unspecified atom stereocenters. The molecule has 148 valence electrons. The van der Waals surface area contributed by atoms with Crippen LogP contribution < -0.4 is 10.6 Å². The van der Waals surface area contributed by atoms with Crippen LogP contribution in [0, 0.1) is 0 Å². The van der Waals surface area contributed by atoms with Gasteiger partial charge >= 0.3 is 0 Å². The number of benzene rings is 1. The Hall–Kier alpha value is -3.16. The minimum atomic E-state index is 0.351. The van der Waals surface area contributed by atoms with E-state index in [4.69, 9.17) is 4.52 Å². The van der Waals surface area contributed by atoms with Gasteiger partial charge in [0.1, 0.15) is 12.7 Å². The van der Waals surface area contributed by atoms with Crippen molar-refractivity contribution in [2.24, 2.45) is 4.99 Å². The summed E-state index contributed by atoms with van der Waals surface area (Å²) >= 11 is 0. The number of nitrogens with zero attached hydrogens (tertiary/aromatic N) is 5. The van der Waals surface area contributed by atoms with Crippen LogP contribution in [0.3, 0.4) is 0 Å². The Labute approximate surface area is 165 Å². The van der Waals surface area contributed by atoms with Gasteiger partial charge in [-0.15, -0.1) is 0 Å². The molecule has 0 atom stereocenters. The van der Waals surface area contributed by atoms with Gasteiger partial charge in [0.25, 0.3) is 0 Å². The second-order valence-electron chi connectivity index (χ2n) is 6.83. The number of hydrogen-bond donors (Lipinski definition) is 2. The van der Waals surface area contributed by atoms with Crippen LogP contribution in [0.4, 0.5) is 0 Å². The van der Waals surface area contributed by atoms with E-state index in [9.17, 15) is 0 Å². The summed E-state index contributed by atoms with van der Waals surface area (Å²) in [4.78, 5) is 8.65. The Kier molecular flexibility index (Phi) is 6.78. The maximum atomic E-state index is 5.37. The number of aromatic nitrogens is 4. The summed E-state index contributed by atoms with van der Waals surface area (Å²) in [5.74, 6) is 1.89. The second kappa shape index (κ2) is 9.68. The van der Waals surface area contributed by atoms with Crippen molar-refractivity contribution in [2.45, 2.75) is 46.3 Å². The lowest BCUT2D eigenvalue weighted by atomic mass is 10.1. The van der Waals surface area contributed by atoms with Crippen LogP contribution in [0.15, 0.2) is 52.5 Å². The molecule has 2 N–H and O–H groups in total. The van der Waals surface area contributed by atoms with E-state index >= 15 is 0 Å². The Balaban J connectivity index is 1.60. The third-order valence-corrected chi connectivity index (χ3v) is 4.17. The summed E-state index contributed by atoms with van der Waals surface area (Å²) in [5.41, 5.74) is 3.26. The molecule has 3 aromatic rings. The maximum Gasteiger partial charge on any atom is 0.191 e. The van der Waals surface area contributed by atoms with Gasteiger partial charge in [-0.05, 0) is 24.0 Å². The van der Waals surface area contributed by atoms with Crippen LogP contribution in [0.5, 0.6) is 0 Å². The molecule has 0 amide bonds. The van der Waals surface area contributed by atoms with Crippen LogP contribution in [-0.2, 0) is 19.6 Å². The molecule has 1 aromatic carbocycles. The van der Waals surface area contributed by atoms with Gasteiger partial charge in [0.05, 0.1) is 25.3 Å². The van der Waals surface area contributed by atoms with Crippen molar-refractivity contribution < 1.29 is 4.52 Å². The zero-order valence-electron chi connectivity index (χ0n) is 16.6. The lowest BCUT2D eigenvalue weighted by molar-refractivity contribution is 0.372. The van der Waals surface area contributed by atoms with Crippen LogP contribution in [-0.4, -0.2) is 32.4 Å². The average Bonchev–Trinajstić information content (AvgIpc) is 3.36. The summed E-state index contributed by atoms with van der Waals surface area (Å²) in [6.45, 7) is 8.83. The van der Waals surface area contributed by atoms with Crippen LogP contribution in [0.2, 0.25) is 0 Å². The molecule has 0 radical (unpaired) electrons. The highest BCUT2D eigenvalue weighted by atomic mass is 16.5. The number of nitrogens with one attached hydrogen (secondary N) is 2. The average molecular weight is 381 g/mol. The first kappa shape index (κ1) is 19.6. The summed E-state index contributed by atoms with van der Waals surface area (Å²) in [7, 11) is 0. The lowest BCUT2D eigenvalue weighted by Crippen LogP contribution is -2.36. The molecule has 0 aliphatic carbocycles. The molecule has 0 saturated heterocycles. The molecule has 0 fully saturated rings. The first-order valence-electron chi connectivity index (χ1n) is 9.52. The Morgan fingerprint density at radius 3 is 2.79 bits per heavy atom. The van der Waals surface area contributed by atoms with Crippen molar-refractivity contribution >= 4 is 5.96 Å². The van der Waals surface area contributed by atoms with E-state index in [-0.39, 0.29) is 0 Å². The van der Waals surface area contributed by atoms with Crippen molar-refractivity contribution in [1.29, 1.82) is 0 Å². The molecule has 28 heavy (non-hydrogen) atoms. The Morgan fingerprint density at radius 2 is 2.07 bits per heavy atom. The summed E-state index contributed by atoms with van der Waals surface area (Å²) in [5, 5.41) is 14.8. The second-order valence-corrected chi connectivity index (χ2v) is 6.83. The van der Waals surface area contributed by atoms with Crippen LogP contribution >= 0.6 is 0 Å². The quantitative estimate of drug-likeness (QED) is 0.460. The van der Waals surface area contributed by atoms with Gasteiger partial charge in [0, 0.05) is 12.6 Å². The minimum Gasteiger partial charge on any atom is -0.359 e. The van der Waals surface area contributed by atoms with Crippen molar-refractivity contribution in [3.8, 4) is 0 Å². The normalized spacial score (nSPS) is 11.8. The first-order valence-corrected chi connectivity index (χ1v) is 9.52. The number of hydrogen-bond acceptors (Lipinski definition) is 5. The van der Waals surface area contributed by atoms with Gasteiger partial charge in [-0.3, -0.25) is 0 Å². The monoisotopic (exact) mass is 381 g/mol. The molecule has 8 heteroatoms. The summed E-state index contributed by atoms with van der Waals surface area (Å²) < 4.78 is 7.18. The predicted molar refractivity (Wildman–Crippen MR) is 108 cm³/mol. The van der Waals surface area contributed by atoms with Gasteiger partial charge in [-0.2, -0.15) is 5.10 Å². The minimum absolute atomic E-state index is 0.351. The van der Waals surface area contributed by atoms with Gasteiger partial charge in [0.2, 0.25) is 0 Å². The van der Waals surface area contributed by atoms with Crippen LogP contribution in [0.25, 0.3) is 0 Å². The van der Waals surface area contributed by atoms with E-state index in [0.717, 1.165) is 29.5 Å². The van der Waals surface area contributed by atoms with E-state index in [2.05, 4.69) is 62.9 Å². The first-order chi connectivity index (χ1) is 13.6. The topological polar surface area (TPSA) is 93.2 Å². The Morgan fingerprint density at radius 1 is 1.21 bits per heavy atom. The smallest absolute Gasteiger partial charge is 0.191 e. The highest BCUT2D eigenvalue weighted by Crippen LogP contribution is 2.13. The highest BCUT2D eigenvalue weighted by Gasteiger charge is 2.08. The molecule has 0 spiro atoms. The molecule has 2 heterocycles. The van der Waals surface area contributed by atoms with Crippen molar-refractivity contribution in [1.82, 2.24) is 30.6 Å². The lowest BCUT2D eigenvalue weighted by Gasteiger charge is -2.10. The molecular weight excluding hydrogens is 354 g/mol. The molecular formula is C20H27N7O. The van der Waals surface area contributed by atoms with Crippen molar-refractivity contribution in [3.63, 3.8) is 0 Å². The largest absolute Gasteiger partial charge is 0.359 e. The van der Waals surface area contributed by atoms with Crippen molar-refractivity contribution in [3.05, 3.63) is 65.6 Å². The van der Waals surface area contributed by atoms with E-state index in [0.29, 0.717) is 25.6 Å². The van der Waals surface area contributed by atoms with Gasteiger partial charge in [0.15, 0.2) is 11.7 Å². The fourth-order valence-corrected chi connectivity index (χ4v) is 2.70. The zero-order valence-corrected chi connectivity index (χ0v) is 16.6. The molecule has 0 bridgehead atoms. The van der Waals surface area contributed by atoms with Gasteiger partial charge < -0.3 is 15.2 Å². The van der Waals surface area contributed by atoms with Gasteiger partial charge in [-0.25, -0.2) is 14.7 Å². The van der Waals surface area contributed by atoms with Gasteiger partial charge in [-0.1, -0.05) is 43.3 Å². The molecule has 2 aromatic heterocycles. The Bertz CT molecular complexity index is 884. The fourth-order valence-electron chi connectivity index (χ4n) is 2.70. The number of aliphatic imine (C=N–C) groups is 1. The maximum absolute atomic E-state index is 5.37. The SMILES string of the molecule is CCNC(=NCc1cccc(Cn2cncn2)c1)NCc1cc(C(C)C)no1. The molecule has 3 rings (SSSR count). The predicted octanol–water partition coefficient (Wildman–Crippen LogP) is 2.69. The molecule has 0 saturated carbocycles. The fraction of sp³-hybridized carbons (Fsp3) is 0.400. The molecule has 0 aliphatic heterocycles. The van der Waals surface area contributed by atoms with E-state index in [1.165, 1.54) is 5.56 Å². The summed E-state index contributed by atoms with van der Waals surface area (Å²) in [6.07, 6.45) is 3.26.